The van der Waals surface area contributed by atoms with Crippen LogP contribution in [0.15, 0.2) is 6.20 Å². The van der Waals surface area contributed by atoms with E-state index in [0.29, 0.717) is 6.04 Å². The second-order valence-electron chi connectivity index (χ2n) is 7.22. The number of aromatic nitrogens is 2. The van der Waals surface area contributed by atoms with E-state index in [0.717, 1.165) is 19.0 Å². The highest BCUT2D eigenvalue weighted by atomic mass is 15.3. The predicted octanol–water partition coefficient (Wildman–Crippen LogP) is 1.95. The lowest BCUT2D eigenvalue weighted by Crippen LogP contribution is -2.34. The standard InChI is InChI=1S/C15H26N4/c1-15(2,3)14-11(9-18(4)17-14)13-12(16)7-8-19(13)10-5-6-10/h9-10,12-13H,5-8,16H2,1-4H3. The van der Waals surface area contributed by atoms with Crippen LogP contribution in [0.4, 0.5) is 0 Å². The Balaban J connectivity index is 2.00. The summed E-state index contributed by atoms with van der Waals surface area (Å²) in [6.45, 7) is 7.86. The molecule has 2 N–H and O–H groups in total. The van der Waals surface area contributed by atoms with Crippen LogP contribution in [-0.4, -0.2) is 33.3 Å². The van der Waals surface area contributed by atoms with Crippen molar-refractivity contribution in [2.24, 2.45) is 12.8 Å². The maximum Gasteiger partial charge on any atom is 0.0726 e. The van der Waals surface area contributed by atoms with Gasteiger partial charge in [-0.05, 0) is 19.3 Å². The van der Waals surface area contributed by atoms with Gasteiger partial charge in [-0.15, -0.1) is 0 Å². The van der Waals surface area contributed by atoms with Crippen molar-refractivity contribution in [1.29, 1.82) is 0 Å². The number of likely N-dealkylation sites (tertiary alicyclic amines) is 1. The number of nitrogens with two attached hydrogens (primary N) is 1. The number of aryl methyl sites for hydroxylation is 1. The molecule has 2 heterocycles. The van der Waals surface area contributed by atoms with E-state index >= 15 is 0 Å². The Morgan fingerprint density at radius 1 is 1.26 bits per heavy atom. The molecular weight excluding hydrogens is 236 g/mol. The minimum Gasteiger partial charge on any atom is -0.326 e. The number of hydrogen-bond acceptors (Lipinski definition) is 3. The molecule has 106 valence electrons. The van der Waals surface area contributed by atoms with Crippen LogP contribution in [-0.2, 0) is 12.5 Å². The van der Waals surface area contributed by atoms with E-state index in [1.165, 1.54) is 24.1 Å². The molecule has 1 saturated heterocycles. The van der Waals surface area contributed by atoms with Gasteiger partial charge in [-0.25, -0.2) is 0 Å². The lowest BCUT2D eigenvalue weighted by Gasteiger charge is -2.29. The molecule has 4 nitrogen and oxygen atoms in total. The topological polar surface area (TPSA) is 47.1 Å². The number of nitrogens with zero attached hydrogens (tertiary/aromatic N) is 3. The van der Waals surface area contributed by atoms with Gasteiger partial charge in [-0.2, -0.15) is 5.10 Å². The lowest BCUT2D eigenvalue weighted by atomic mass is 9.86. The quantitative estimate of drug-likeness (QED) is 0.886. The van der Waals surface area contributed by atoms with Crippen molar-refractivity contribution in [3.05, 3.63) is 17.5 Å². The molecule has 3 rings (SSSR count). The molecule has 1 aliphatic carbocycles. The van der Waals surface area contributed by atoms with E-state index in [1.807, 2.05) is 11.7 Å². The molecule has 0 spiro atoms. The summed E-state index contributed by atoms with van der Waals surface area (Å²) in [4.78, 5) is 2.62. The van der Waals surface area contributed by atoms with Crippen LogP contribution < -0.4 is 5.73 Å². The van der Waals surface area contributed by atoms with Gasteiger partial charge < -0.3 is 5.73 Å². The van der Waals surface area contributed by atoms with Crippen LogP contribution in [0.25, 0.3) is 0 Å². The average Bonchev–Trinajstić information content (AvgIpc) is 2.96. The summed E-state index contributed by atoms with van der Waals surface area (Å²) in [7, 11) is 2.01. The van der Waals surface area contributed by atoms with Gasteiger partial charge in [-0.1, -0.05) is 20.8 Å². The summed E-state index contributed by atoms with van der Waals surface area (Å²) in [5.74, 6) is 0. The molecule has 2 atom stereocenters. The lowest BCUT2D eigenvalue weighted by molar-refractivity contribution is 0.235. The zero-order valence-electron chi connectivity index (χ0n) is 12.6. The molecule has 0 bridgehead atoms. The number of rotatable bonds is 2. The zero-order chi connectivity index (χ0) is 13.8. The highest BCUT2D eigenvalue weighted by molar-refractivity contribution is 5.30. The molecule has 0 amide bonds. The van der Waals surface area contributed by atoms with Crippen LogP contribution in [0.1, 0.15) is 57.3 Å². The molecule has 1 aliphatic heterocycles. The van der Waals surface area contributed by atoms with Gasteiger partial charge in [0.25, 0.3) is 0 Å². The highest BCUT2D eigenvalue weighted by Gasteiger charge is 2.43. The van der Waals surface area contributed by atoms with Gasteiger partial charge in [0.05, 0.1) is 11.7 Å². The summed E-state index contributed by atoms with van der Waals surface area (Å²) in [5.41, 5.74) is 9.05. The third-order valence-corrected chi connectivity index (χ3v) is 4.39. The third kappa shape index (κ3) is 2.32. The van der Waals surface area contributed by atoms with Gasteiger partial charge >= 0.3 is 0 Å². The van der Waals surface area contributed by atoms with Crippen molar-refractivity contribution >= 4 is 0 Å². The van der Waals surface area contributed by atoms with E-state index in [1.54, 1.807) is 0 Å². The third-order valence-electron chi connectivity index (χ3n) is 4.39. The Morgan fingerprint density at radius 2 is 1.95 bits per heavy atom. The van der Waals surface area contributed by atoms with Crippen LogP contribution in [0.5, 0.6) is 0 Å². The molecule has 4 heteroatoms. The normalized spacial score (nSPS) is 29.1. The molecule has 19 heavy (non-hydrogen) atoms. The van der Waals surface area contributed by atoms with E-state index in [4.69, 9.17) is 10.8 Å². The Labute approximate surface area is 116 Å². The monoisotopic (exact) mass is 262 g/mol. The molecule has 2 unspecified atom stereocenters. The van der Waals surface area contributed by atoms with Gasteiger partial charge in [0.15, 0.2) is 0 Å². The zero-order valence-corrected chi connectivity index (χ0v) is 12.6. The molecule has 1 aromatic rings. The molecular formula is C15H26N4. The van der Waals surface area contributed by atoms with Crippen molar-refractivity contribution in [3.63, 3.8) is 0 Å². The fourth-order valence-corrected chi connectivity index (χ4v) is 3.37. The van der Waals surface area contributed by atoms with Crippen molar-refractivity contribution in [3.8, 4) is 0 Å². The molecule has 0 aromatic carbocycles. The minimum absolute atomic E-state index is 0.0775. The molecule has 1 aromatic heterocycles. The summed E-state index contributed by atoms with van der Waals surface area (Å²) in [6.07, 6.45) is 5.98. The molecule has 2 fully saturated rings. The van der Waals surface area contributed by atoms with Crippen molar-refractivity contribution < 1.29 is 0 Å². The first-order chi connectivity index (χ1) is 8.88. The second-order valence-corrected chi connectivity index (χ2v) is 7.22. The maximum absolute atomic E-state index is 6.41. The average molecular weight is 262 g/mol. The Kier molecular flexibility index (Phi) is 2.98. The van der Waals surface area contributed by atoms with Crippen LogP contribution in [0.3, 0.4) is 0 Å². The SMILES string of the molecule is Cn1cc(C2C(N)CCN2C2CC2)c(C(C)(C)C)n1. The largest absolute Gasteiger partial charge is 0.326 e. The Morgan fingerprint density at radius 3 is 2.53 bits per heavy atom. The first-order valence-electron chi connectivity index (χ1n) is 7.43. The van der Waals surface area contributed by atoms with Gasteiger partial charge in [-0.3, -0.25) is 9.58 Å². The number of hydrogen-bond donors (Lipinski definition) is 1. The summed E-state index contributed by atoms with van der Waals surface area (Å²) in [6, 6.07) is 1.40. The molecule has 0 radical (unpaired) electrons. The maximum atomic E-state index is 6.41. The predicted molar refractivity (Wildman–Crippen MR) is 77.0 cm³/mol. The minimum atomic E-state index is 0.0775. The Hall–Kier alpha value is -0.870. The van der Waals surface area contributed by atoms with Gasteiger partial charge in [0.2, 0.25) is 0 Å². The van der Waals surface area contributed by atoms with Crippen molar-refractivity contribution in [2.75, 3.05) is 6.54 Å². The van der Waals surface area contributed by atoms with Crippen LogP contribution >= 0.6 is 0 Å². The summed E-state index contributed by atoms with van der Waals surface area (Å²) in [5, 5.41) is 4.71. The van der Waals surface area contributed by atoms with E-state index in [9.17, 15) is 0 Å². The van der Waals surface area contributed by atoms with Gasteiger partial charge in [0.1, 0.15) is 0 Å². The van der Waals surface area contributed by atoms with E-state index < -0.39 is 0 Å². The molecule has 2 aliphatic rings. The van der Waals surface area contributed by atoms with E-state index in [2.05, 4.69) is 31.9 Å². The fourth-order valence-electron chi connectivity index (χ4n) is 3.37. The van der Waals surface area contributed by atoms with E-state index in [-0.39, 0.29) is 11.5 Å². The van der Waals surface area contributed by atoms with Crippen LogP contribution in [0, 0.1) is 0 Å². The second kappa shape index (κ2) is 4.32. The smallest absolute Gasteiger partial charge is 0.0726 e. The summed E-state index contributed by atoms with van der Waals surface area (Å²) >= 11 is 0. The molecule has 1 saturated carbocycles. The van der Waals surface area contributed by atoms with Crippen molar-refractivity contribution in [1.82, 2.24) is 14.7 Å². The first-order valence-corrected chi connectivity index (χ1v) is 7.43. The van der Waals surface area contributed by atoms with Crippen molar-refractivity contribution in [2.45, 2.75) is 63.6 Å². The highest BCUT2D eigenvalue weighted by Crippen LogP contribution is 2.42. The van der Waals surface area contributed by atoms with Crippen LogP contribution in [0.2, 0.25) is 0 Å². The Bertz CT molecular complexity index is 467. The summed E-state index contributed by atoms with van der Waals surface area (Å²) < 4.78 is 1.95. The first kappa shape index (κ1) is 13.1. The fraction of sp³-hybridized carbons (Fsp3) is 0.800. The van der Waals surface area contributed by atoms with Gasteiger partial charge in [0, 0.05) is 42.9 Å².